The van der Waals surface area contributed by atoms with Gasteiger partial charge in [-0.1, -0.05) is 133 Å². The standard InChI is InChI=1S/C42H26O/c1-2-11-27(12-3-1)29-14-10-15-30(25-29)40-33-17-6-8-19-35(33)41(36-20-9-7-18-34(36)40)31-22-24-39-38(26-31)37-23-21-28-13-4-5-16-32(28)42(37)43-39/h1-26H/i1D,2D,3D,4D,5D,10D,11D,12D,13D,14D,15D,16D,21D,23D,25D. The first-order valence-electron chi connectivity index (χ1n) is 21.1. The van der Waals surface area contributed by atoms with Gasteiger partial charge < -0.3 is 4.42 Å². The van der Waals surface area contributed by atoms with E-state index in [9.17, 15) is 1.37 Å². The van der Waals surface area contributed by atoms with E-state index in [4.69, 9.17) is 23.6 Å². The van der Waals surface area contributed by atoms with Gasteiger partial charge >= 0.3 is 0 Å². The Kier molecular flexibility index (Phi) is 2.97. The van der Waals surface area contributed by atoms with Gasteiger partial charge in [0.05, 0.1) is 20.6 Å². The third-order valence-electron chi connectivity index (χ3n) is 7.76. The normalized spacial score (nSPS) is 16.6. The molecule has 1 heterocycles. The lowest BCUT2D eigenvalue weighted by atomic mass is 9.85. The van der Waals surface area contributed by atoms with Crippen molar-refractivity contribution in [1.29, 1.82) is 0 Å². The molecule has 0 saturated heterocycles. The van der Waals surface area contributed by atoms with Crippen LogP contribution >= 0.6 is 0 Å². The molecule has 0 fully saturated rings. The summed E-state index contributed by atoms with van der Waals surface area (Å²) in [7, 11) is 0. The SMILES string of the molecule is [2H]c1c([2H])c([2H])c(-c2c([2H])c([2H])c([2H])c(-c3c4ccccc4c(-c4ccc5oc6c7c([2H])c([2H])c([2H])c([2H])c7c([2H])c([2H])c6c5c4)c4ccccc34)c2[2H])c([2H])c1[2H]. The summed E-state index contributed by atoms with van der Waals surface area (Å²) in [6, 6.07) is 12.0. The third kappa shape index (κ3) is 3.72. The van der Waals surface area contributed by atoms with E-state index < -0.39 is 78.1 Å². The molecule has 0 spiro atoms. The number of furan rings is 1. The number of benzene rings is 8. The van der Waals surface area contributed by atoms with Crippen molar-refractivity contribution >= 4 is 54.3 Å². The molecule has 0 amide bonds. The van der Waals surface area contributed by atoms with E-state index in [1.54, 1.807) is 42.5 Å². The summed E-state index contributed by atoms with van der Waals surface area (Å²) < 4.78 is 136. The molecule has 0 aliphatic carbocycles. The average Bonchev–Trinajstić information content (AvgIpc) is 3.61. The molecule has 9 rings (SSSR count). The van der Waals surface area contributed by atoms with Crippen LogP contribution in [0.1, 0.15) is 20.6 Å². The van der Waals surface area contributed by atoms with Gasteiger partial charge in [-0.3, -0.25) is 0 Å². The largest absolute Gasteiger partial charge is 0.455 e. The molecule has 0 atom stereocenters. The van der Waals surface area contributed by atoms with Gasteiger partial charge in [0, 0.05) is 16.2 Å². The minimum atomic E-state index is -0.658. The Morgan fingerprint density at radius 2 is 1.05 bits per heavy atom. The van der Waals surface area contributed by atoms with Gasteiger partial charge in [-0.15, -0.1) is 0 Å². The van der Waals surface area contributed by atoms with Crippen LogP contribution < -0.4 is 0 Å². The van der Waals surface area contributed by atoms with Crippen LogP contribution in [0.25, 0.3) is 87.6 Å². The van der Waals surface area contributed by atoms with Crippen molar-refractivity contribution < 1.29 is 25.0 Å². The highest BCUT2D eigenvalue weighted by Gasteiger charge is 2.18. The van der Waals surface area contributed by atoms with Crippen LogP contribution in [0.2, 0.25) is 0 Å². The average molecular weight is 562 g/mol. The Bertz CT molecular complexity index is 3270. The molecule has 8 aromatic carbocycles. The minimum absolute atomic E-state index is 0.00726. The number of fused-ring (bicyclic) bond motifs is 7. The zero-order valence-corrected chi connectivity index (χ0v) is 22.3. The lowest BCUT2D eigenvalue weighted by Crippen LogP contribution is -1.91. The van der Waals surface area contributed by atoms with E-state index in [2.05, 4.69) is 0 Å². The highest BCUT2D eigenvalue weighted by atomic mass is 16.3. The number of rotatable bonds is 3. The topological polar surface area (TPSA) is 13.1 Å². The molecule has 9 aromatic rings. The Morgan fingerprint density at radius 1 is 0.419 bits per heavy atom. The molecular weight excluding hydrogens is 520 g/mol. The van der Waals surface area contributed by atoms with Crippen LogP contribution in [0.3, 0.4) is 0 Å². The molecule has 0 saturated carbocycles. The Hall–Kier alpha value is -5.66. The predicted octanol–water partition coefficient (Wildman–Crippen LogP) is 12.0. The minimum Gasteiger partial charge on any atom is -0.455 e. The van der Waals surface area contributed by atoms with Gasteiger partial charge in [0.2, 0.25) is 0 Å². The van der Waals surface area contributed by atoms with E-state index in [0.29, 0.717) is 49.2 Å². The van der Waals surface area contributed by atoms with Crippen molar-refractivity contribution in [3.63, 3.8) is 0 Å². The van der Waals surface area contributed by atoms with Gasteiger partial charge in [-0.25, -0.2) is 0 Å². The fraction of sp³-hybridized carbons (Fsp3) is 0. The second kappa shape index (κ2) is 9.44. The van der Waals surface area contributed by atoms with Crippen molar-refractivity contribution in [2.24, 2.45) is 0 Å². The molecule has 0 unspecified atom stereocenters. The smallest absolute Gasteiger partial charge is 0.143 e. The lowest BCUT2D eigenvalue weighted by molar-refractivity contribution is 0.672. The van der Waals surface area contributed by atoms with Crippen LogP contribution in [-0.2, 0) is 0 Å². The molecule has 43 heavy (non-hydrogen) atoms. The summed E-state index contributed by atoms with van der Waals surface area (Å²) in [6.45, 7) is 0. The second-order valence-electron chi connectivity index (χ2n) is 10.1. The van der Waals surface area contributed by atoms with Crippen molar-refractivity contribution in [3.8, 4) is 33.4 Å². The van der Waals surface area contributed by atoms with Crippen molar-refractivity contribution in [2.75, 3.05) is 0 Å². The van der Waals surface area contributed by atoms with E-state index in [1.807, 2.05) is 24.3 Å². The first kappa shape index (κ1) is 13.5. The van der Waals surface area contributed by atoms with Gasteiger partial charge in [0.25, 0.3) is 0 Å². The Morgan fingerprint density at radius 3 is 1.79 bits per heavy atom. The molecule has 0 N–H and O–H groups in total. The summed E-state index contributed by atoms with van der Waals surface area (Å²) in [5.41, 5.74) is 1.28. The summed E-state index contributed by atoms with van der Waals surface area (Å²) in [5, 5.41) is 2.95. The first-order valence-corrected chi connectivity index (χ1v) is 13.6. The van der Waals surface area contributed by atoms with E-state index in [0.717, 1.165) is 0 Å². The van der Waals surface area contributed by atoms with Crippen molar-refractivity contribution in [3.05, 3.63) is 157 Å². The monoisotopic (exact) mass is 561 g/mol. The van der Waals surface area contributed by atoms with Crippen LogP contribution in [-0.4, -0.2) is 0 Å². The van der Waals surface area contributed by atoms with Crippen molar-refractivity contribution in [1.82, 2.24) is 0 Å². The summed E-state index contributed by atoms with van der Waals surface area (Å²) in [6.07, 6.45) is 0. The molecular formula is C42H26O. The summed E-state index contributed by atoms with van der Waals surface area (Å²) in [5.74, 6) is 0. The molecule has 0 bridgehead atoms. The molecule has 200 valence electrons. The molecule has 1 nitrogen and oxygen atoms in total. The van der Waals surface area contributed by atoms with Gasteiger partial charge in [0.15, 0.2) is 0 Å². The van der Waals surface area contributed by atoms with Crippen LogP contribution in [0.5, 0.6) is 0 Å². The van der Waals surface area contributed by atoms with Gasteiger partial charge in [-0.05, 0) is 84.5 Å². The maximum absolute atomic E-state index is 9.50. The molecule has 1 heteroatoms. The Balaban J connectivity index is 1.38. The molecule has 1 aromatic heterocycles. The van der Waals surface area contributed by atoms with E-state index in [-0.39, 0.29) is 51.0 Å². The molecule has 0 aliphatic heterocycles. The van der Waals surface area contributed by atoms with Gasteiger partial charge in [-0.2, -0.15) is 0 Å². The highest BCUT2D eigenvalue weighted by Crippen LogP contribution is 2.45. The fourth-order valence-electron chi connectivity index (χ4n) is 5.93. The Labute approximate surface area is 270 Å². The highest BCUT2D eigenvalue weighted by molar-refractivity contribution is 6.23. The molecule has 0 aliphatic rings. The molecule has 0 radical (unpaired) electrons. The van der Waals surface area contributed by atoms with E-state index in [1.165, 1.54) is 0 Å². The summed E-state index contributed by atoms with van der Waals surface area (Å²) >= 11 is 0. The van der Waals surface area contributed by atoms with Crippen LogP contribution in [0.4, 0.5) is 0 Å². The summed E-state index contributed by atoms with van der Waals surface area (Å²) in [4.78, 5) is 0. The van der Waals surface area contributed by atoms with E-state index >= 15 is 0 Å². The first-order chi connectivity index (χ1) is 27.6. The predicted molar refractivity (Wildman–Crippen MR) is 183 cm³/mol. The maximum Gasteiger partial charge on any atom is 0.143 e. The van der Waals surface area contributed by atoms with Crippen LogP contribution in [0.15, 0.2) is 162 Å². The quantitative estimate of drug-likeness (QED) is 0.196. The zero-order chi connectivity index (χ0) is 41.4. The van der Waals surface area contributed by atoms with Gasteiger partial charge in [0.1, 0.15) is 11.2 Å². The third-order valence-corrected chi connectivity index (χ3v) is 7.76. The second-order valence-corrected chi connectivity index (χ2v) is 10.1. The zero-order valence-electron chi connectivity index (χ0n) is 37.3. The number of hydrogen-bond donors (Lipinski definition) is 0. The maximum atomic E-state index is 9.50. The lowest BCUT2D eigenvalue weighted by Gasteiger charge is -2.18. The van der Waals surface area contributed by atoms with Crippen molar-refractivity contribution in [2.45, 2.75) is 0 Å². The number of hydrogen-bond acceptors (Lipinski definition) is 1. The van der Waals surface area contributed by atoms with Crippen LogP contribution in [0, 0.1) is 0 Å². The fourth-order valence-corrected chi connectivity index (χ4v) is 5.93.